The van der Waals surface area contributed by atoms with Crippen molar-refractivity contribution in [3.8, 4) is 11.5 Å². The van der Waals surface area contributed by atoms with E-state index in [1.807, 2.05) is 0 Å². The number of fused-ring (bicyclic) bond motifs is 4. The molecule has 1 N–H and O–H groups in total. The van der Waals surface area contributed by atoms with Crippen molar-refractivity contribution in [2.45, 2.75) is 18.9 Å². The highest BCUT2D eigenvalue weighted by Gasteiger charge is 2.46. The molecule has 162 valence electrons. The molecule has 0 spiro atoms. The highest BCUT2D eigenvalue weighted by atomic mass is 16.6. The number of rotatable bonds is 4. The molecule has 4 aromatic rings. The minimum Gasteiger partial charge on any atom is -0.497 e. The smallest absolute Gasteiger partial charge is 0.348 e. The van der Waals surface area contributed by atoms with Gasteiger partial charge in [0.2, 0.25) is 6.10 Å². The Morgan fingerprint density at radius 2 is 1.94 bits per heavy atom. The van der Waals surface area contributed by atoms with E-state index in [9.17, 15) is 14.4 Å². The molecule has 2 aromatic heterocycles. The number of para-hydroxylation sites is 1. The van der Waals surface area contributed by atoms with Gasteiger partial charge in [0.15, 0.2) is 0 Å². The number of hydrogen-bond acceptors (Lipinski definition) is 7. The molecule has 8 nitrogen and oxygen atoms in total. The Morgan fingerprint density at radius 1 is 1.12 bits per heavy atom. The van der Waals surface area contributed by atoms with Crippen LogP contribution in [0.3, 0.4) is 0 Å². The van der Waals surface area contributed by atoms with Crippen LogP contribution < -0.4 is 20.7 Å². The number of carbonyl (C=O) groups excluding carboxylic acids is 1. The Morgan fingerprint density at radius 3 is 2.72 bits per heavy atom. The monoisotopic (exact) mass is 433 g/mol. The second kappa shape index (κ2) is 7.56. The first-order valence-corrected chi connectivity index (χ1v) is 10.1. The van der Waals surface area contributed by atoms with Gasteiger partial charge in [0.25, 0.3) is 5.56 Å². The zero-order chi connectivity index (χ0) is 22.4. The molecule has 0 bridgehead atoms. The fourth-order valence-corrected chi connectivity index (χ4v) is 4.16. The number of H-pyrrole nitrogens is 1. The summed E-state index contributed by atoms with van der Waals surface area (Å²) in [5.74, 6) is -0.826. The van der Waals surface area contributed by atoms with E-state index < -0.39 is 29.2 Å². The molecule has 0 aliphatic carbocycles. The van der Waals surface area contributed by atoms with Crippen LogP contribution in [-0.2, 0) is 9.53 Å². The summed E-state index contributed by atoms with van der Waals surface area (Å²) in [4.78, 5) is 41.7. The summed E-state index contributed by atoms with van der Waals surface area (Å²) in [5, 5.41) is 1.25. The Hall–Kier alpha value is -4.07. The summed E-state index contributed by atoms with van der Waals surface area (Å²) in [7, 11) is 1.54. The first-order valence-electron chi connectivity index (χ1n) is 10.1. The van der Waals surface area contributed by atoms with Gasteiger partial charge in [-0.15, -0.1) is 0 Å². The van der Waals surface area contributed by atoms with Crippen LogP contribution in [0.1, 0.15) is 24.0 Å². The summed E-state index contributed by atoms with van der Waals surface area (Å²) in [6.45, 7) is 1.81. The molecule has 1 aliphatic heterocycles. The molecule has 3 heterocycles. The maximum atomic E-state index is 13.1. The van der Waals surface area contributed by atoms with Crippen molar-refractivity contribution in [2.24, 2.45) is 0 Å². The third-order valence-electron chi connectivity index (χ3n) is 5.59. The number of benzene rings is 2. The SMILES string of the molecule is CCOC(=O)[C@@H]1Oc2c(c(=O)oc3ccccc23)[C@@H]1c1cc2ccc(OC)cc2[nH]c1=O. The Bertz CT molecular complexity index is 1480. The topological polar surface area (TPSA) is 108 Å². The standard InChI is InChI=1S/C24H19NO7/c1-3-30-24(28)21-18(15-10-12-8-9-13(29-2)11-16(12)25-22(15)26)19-20(32-21)14-6-4-5-7-17(14)31-23(19)27/h4-11,18,21H,3H2,1-2H3,(H,25,26)/t18-,21+/m0/s1. The minimum atomic E-state index is -1.20. The van der Waals surface area contributed by atoms with E-state index in [0.29, 0.717) is 27.6 Å². The molecule has 0 unspecified atom stereocenters. The fraction of sp³-hybridized carbons (Fsp3) is 0.208. The Balaban J connectivity index is 1.77. The van der Waals surface area contributed by atoms with Crippen molar-refractivity contribution >= 4 is 27.8 Å². The van der Waals surface area contributed by atoms with E-state index >= 15 is 0 Å². The van der Waals surface area contributed by atoms with Crippen molar-refractivity contribution in [2.75, 3.05) is 13.7 Å². The average molecular weight is 433 g/mol. The van der Waals surface area contributed by atoms with Crippen molar-refractivity contribution in [3.05, 3.63) is 80.4 Å². The summed E-state index contributed by atoms with van der Waals surface area (Å²) in [6.07, 6.45) is -1.20. The predicted octanol–water partition coefficient (Wildman–Crippen LogP) is 3.10. The normalized spacial score (nSPS) is 17.2. The number of methoxy groups -OCH3 is 1. The van der Waals surface area contributed by atoms with E-state index in [1.54, 1.807) is 55.5 Å². The minimum absolute atomic E-state index is 0.125. The number of pyridine rings is 1. The van der Waals surface area contributed by atoms with E-state index in [0.717, 1.165) is 0 Å². The van der Waals surface area contributed by atoms with Crippen LogP contribution in [0.4, 0.5) is 0 Å². The van der Waals surface area contributed by atoms with Crippen molar-refractivity contribution in [1.82, 2.24) is 4.98 Å². The number of aromatic amines is 1. The third kappa shape index (κ3) is 3.03. The highest BCUT2D eigenvalue weighted by molar-refractivity contribution is 5.89. The van der Waals surface area contributed by atoms with Gasteiger partial charge in [0.05, 0.1) is 36.1 Å². The summed E-state index contributed by atoms with van der Waals surface area (Å²) in [5.41, 5.74) is 0.121. The maximum Gasteiger partial charge on any atom is 0.348 e. The maximum absolute atomic E-state index is 13.1. The van der Waals surface area contributed by atoms with Crippen LogP contribution in [0, 0.1) is 0 Å². The Labute approximate surface area is 181 Å². The van der Waals surface area contributed by atoms with Crippen LogP contribution in [0.5, 0.6) is 11.5 Å². The lowest BCUT2D eigenvalue weighted by molar-refractivity contribution is -0.151. The van der Waals surface area contributed by atoms with Crippen molar-refractivity contribution in [1.29, 1.82) is 0 Å². The molecule has 0 fully saturated rings. The molecular formula is C24H19NO7. The molecule has 0 radical (unpaired) electrons. The van der Waals surface area contributed by atoms with Gasteiger partial charge >= 0.3 is 11.6 Å². The molecule has 5 rings (SSSR count). The summed E-state index contributed by atoms with van der Waals surface area (Å²) >= 11 is 0. The number of esters is 1. The van der Waals surface area contributed by atoms with E-state index in [4.69, 9.17) is 18.6 Å². The molecule has 2 atom stereocenters. The largest absolute Gasteiger partial charge is 0.497 e. The molecule has 0 saturated carbocycles. The van der Waals surface area contributed by atoms with Gasteiger partial charge in [-0.1, -0.05) is 12.1 Å². The van der Waals surface area contributed by atoms with Crippen LogP contribution in [0.2, 0.25) is 0 Å². The van der Waals surface area contributed by atoms with Crippen LogP contribution in [-0.4, -0.2) is 30.8 Å². The molecule has 0 saturated heterocycles. The van der Waals surface area contributed by atoms with Gasteiger partial charge in [-0.05, 0) is 42.6 Å². The molecule has 2 aromatic carbocycles. The lowest BCUT2D eigenvalue weighted by Crippen LogP contribution is -2.35. The first-order chi connectivity index (χ1) is 15.5. The second-order valence-electron chi connectivity index (χ2n) is 7.40. The molecule has 1 aliphatic rings. The fourth-order valence-electron chi connectivity index (χ4n) is 4.16. The molecule has 8 heteroatoms. The lowest BCUT2D eigenvalue weighted by atomic mass is 9.88. The summed E-state index contributed by atoms with van der Waals surface area (Å²) in [6, 6.07) is 13.8. The van der Waals surface area contributed by atoms with Crippen LogP contribution in [0.25, 0.3) is 21.9 Å². The van der Waals surface area contributed by atoms with Crippen LogP contribution >= 0.6 is 0 Å². The zero-order valence-corrected chi connectivity index (χ0v) is 17.3. The van der Waals surface area contributed by atoms with E-state index in [2.05, 4.69) is 4.98 Å². The number of carbonyl (C=O) groups is 1. The predicted molar refractivity (Wildman–Crippen MR) is 116 cm³/mol. The third-order valence-corrected chi connectivity index (χ3v) is 5.59. The lowest BCUT2D eigenvalue weighted by Gasteiger charge is -2.17. The molecular weight excluding hydrogens is 414 g/mol. The number of aromatic nitrogens is 1. The van der Waals surface area contributed by atoms with E-state index in [1.165, 1.54) is 7.11 Å². The number of nitrogens with one attached hydrogen (secondary N) is 1. The summed E-state index contributed by atoms with van der Waals surface area (Å²) < 4.78 is 21.9. The van der Waals surface area contributed by atoms with Gasteiger partial charge in [0, 0.05) is 11.6 Å². The quantitative estimate of drug-likeness (QED) is 0.389. The molecule has 32 heavy (non-hydrogen) atoms. The van der Waals surface area contributed by atoms with Gasteiger partial charge in [0.1, 0.15) is 17.1 Å². The Kier molecular flexibility index (Phi) is 4.70. The van der Waals surface area contributed by atoms with Crippen LogP contribution in [0.15, 0.2) is 62.5 Å². The number of hydrogen-bond donors (Lipinski definition) is 1. The van der Waals surface area contributed by atoms with Gasteiger partial charge in [-0.3, -0.25) is 4.79 Å². The first kappa shape index (κ1) is 19.9. The van der Waals surface area contributed by atoms with Gasteiger partial charge in [-0.2, -0.15) is 0 Å². The highest BCUT2D eigenvalue weighted by Crippen LogP contribution is 2.44. The zero-order valence-electron chi connectivity index (χ0n) is 17.3. The van der Waals surface area contributed by atoms with Gasteiger partial charge < -0.3 is 23.6 Å². The van der Waals surface area contributed by atoms with Gasteiger partial charge in [-0.25, -0.2) is 9.59 Å². The van der Waals surface area contributed by atoms with E-state index in [-0.39, 0.29) is 23.5 Å². The average Bonchev–Trinajstić information content (AvgIpc) is 3.20. The van der Waals surface area contributed by atoms with Crippen molar-refractivity contribution < 1.29 is 23.4 Å². The second-order valence-corrected chi connectivity index (χ2v) is 7.40. The van der Waals surface area contributed by atoms with Crippen molar-refractivity contribution in [3.63, 3.8) is 0 Å². The number of ether oxygens (including phenoxy) is 3. The molecule has 0 amide bonds.